The van der Waals surface area contributed by atoms with Crippen molar-refractivity contribution in [2.75, 3.05) is 0 Å². The van der Waals surface area contributed by atoms with Gasteiger partial charge in [0.05, 0.1) is 17.7 Å². The number of ketones is 1. The standard InChI is InChI=1S/C34H34NS.C33H32NS.C13H21F3O2.Ir/c1-20-11-12-23-22(15-20)16-27-31-30-25(13-14-35-31)24-10-8-9-21(18-33(2,3)4)26(24)17-29(30)36-32(27)28(23)19-34(5,6)7;1-32(2,3)18-21-11-9-13-23-24-14-15-34-30-26-16-20-10-7-8-12-22(20)27(19-33(4,5)6)31(26)35-28(29(24)30)17-25(21)23;1-4-9(5-2)11(17)7-12(18)10(6-3)8-13(14,15)16;/h8-15,17H,18-19H2,1-7H3;7-15,17H,18-19H2,1-6H3;7,9-10,18H,4-6,8H2,1-3H3;/q2*-1;;/b;;12-7-;/i13D,14D;14D,15D;;. The van der Waals surface area contributed by atoms with Crippen LogP contribution in [0.1, 0.15) is 163 Å². The summed E-state index contributed by atoms with van der Waals surface area (Å²) in [5.74, 6) is -2.00. The van der Waals surface area contributed by atoms with Crippen molar-refractivity contribution in [3.63, 3.8) is 0 Å². The Hall–Kier alpha value is -6.03. The van der Waals surface area contributed by atoms with Crippen molar-refractivity contribution in [2.24, 2.45) is 33.5 Å². The second kappa shape index (κ2) is 26.5. The van der Waals surface area contributed by atoms with Crippen molar-refractivity contribution < 1.29 is 48.7 Å². The van der Waals surface area contributed by atoms with Crippen molar-refractivity contribution in [3.8, 4) is 22.5 Å². The number of halogens is 3. The number of pyridine rings is 2. The maximum Gasteiger partial charge on any atom is 0.389 e. The molecule has 2 aliphatic heterocycles. The Labute approximate surface area is 560 Å². The molecule has 473 valence electrons. The molecule has 2 aliphatic rings. The number of fused-ring (bicyclic) bond motifs is 10. The molecule has 1 N–H and O–H groups in total. The van der Waals surface area contributed by atoms with Gasteiger partial charge in [-0.1, -0.05) is 209 Å². The normalized spacial score (nSPS) is 14.3. The van der Waals surface area contributed by atoms with E-state index in [2.05, 4.69) is 193 Å². The topological polar surface area (TPSA) is 63.1 Å². The number of hydrogen-bond donors (Lipinski definition) is 1. The molecule has 0 bridgehead atoms. The van der Waals surface area contributed by atoms with Crippen LogP contribution in [-0.2, 0) is 50.6 Å². The number of aliphatic hydroxyl groups excluding tert-OH is 1. The Morgan fingerprint density at radius 3 is 1.43 bits per heavy atom. The molecule has 90 heavy (non-hydrogen) atoms. The summed E-state index contributed by atoms with van der Waals surface area (Å²) in [5, 5.41) is 22.4. The van der Waals surface area contributed by atoms with Gasteiger partial charge in [0.25, 0.3) is 0 Å². The minimum atomic E-state index is -4.33. The van der Waals surface area contributed by atoms with Gasteiger partial charge in [0.2, 0.25) is 0 Å². The molecule has 1 unspecified atom stereocenters. The number of alkyl halides is 3. The second-order valence-corrected chi connectivity index (χ2v) is 31.5. The summed E-state index contributed by atoms with van der Waals surface area (Å²) < 4.78 is 72.1. The SMILES string of the molecule is CCC(CC)C(=O)/C=C(\O)C(CC)CC(F)(F)F.[2H]c1nc2c3c(cc4c(CC(C)(C)C)cccc4c3c1[2H])Sc1c-2[c-]c2cc(C)ccc2c1CC(C)(C)C.[2H]c1nc2c3c(cc4c(CC(C)(C)C)cccc4c3c1[2H])Sc1c-2[c-]c2ccccc2c1CC(C)(C)C.[Ir]. The Morgan fingerprint density at radius 1 is 0.556 bits per heavy atom. The molecule has 10 aromatic rings. The fourth-order valence-electron chi connectivity index (χ4n) is 12.8. The van der Waals surface area contributed by atoms with E-state index in [1.807, 2.05) is 13.8 Å². The van der Waals surface area contributed by atoms with E-state index in [4.69, 9.17) is 15.5 Å². The molecule has 0 saturated carbocycles. The average Bonchev–Trinajstić information content (AvgIpc) is 0.716. The van der Waals surface area contributed by atoms with Crippen LogP contribution >= 0.6 is 23.5 Å². The van der Waals surface area contributed by atoms with Gasteiger partial charge >= 0.3 is 6.18 Å². The van der Waals surface area contributed by atoms with Crippen molar-refractivity contribution in [2.45, 2.75) is 188 Å². The number of hydrogen-bond acceptors (Lipinski definition) is 6. The molecule has 4 heterocycles. The number of aliphatic hydroxyl groups is 1. The zero-order chi connectivity index (χ0) is 67.8. The van der Waals surface area contributed by atoms with E-state index in [-0.39, 0.29) is 84.3 Å². The third-order valence-electron chi connectivity index (χ3n) is 16.7. The zero-order valence-electron chi connectivity index (χ0n) is 59.1. The number of carbonyl (C=O) groups is 1. The molecule has 0 aliphatic carbocycles. The average molecular weight is 1430 g/mol. The van der Waals surface area contributed by atoms with Crippen LogP contribution in [0.4, 0.5) is 13.2 Å². The van der Waals surface area contributed by atoms with Gasteiger partial charge in [0.15, 0.2) is 5.78 Å². The molecule has 2 aromatic heterocycles. The van der Waals surface area contributed by atoms with Gasteiger partial charge in [-0.15, -0.1) is 58.6 Å². The van der Waals surface area contributed by atoms with E-state index in [0.717, 1.165) is 107 Å². The fraction of sp³-hybridized carbons (Fsp3) is 0.388. The van der Waals surface area contributed by atoms with E-state index < -0.39 is 24.3 Å². The first kappa shape index (κ1) is 62.8. The number of nitrogens with zero attached hydrogens (tertiary/aromatic N) is 2. The minimum Gasteiger partial charge on any atom is -0.512 e. The maximum absolute atomic E-state index is 12.3. The maximum atomic E-state index is 12.3. The van der Waals surface area contributed by atoms with Crippen molar-refractivity contribution in [1.29, 1.82) is 0 Å². The number of aryl methyl sites for hydroxylation is 1. The van der Waals surface area contributed by atoms with E-state index in [1.165, 1.54) is 59.2 Å². The molecular formula is C80H87F3IrN2O2S2-2. The largest absolute Gasteiger partial charge is 0.512 e. The van der Waals surface area contributed by atoms with Crippen molar-refractivity contribution in [3.05, 3.63) is 167 Å². The molecule has 0 fully saturated rings. The van der Waals surface area contributed by atoms with E-state index in [1.54, 1.807) is 30.4 Å². The Kier molecular flexibility index (Phi) is 18.5. The molecule has 1 radical (unpaired) electrons. The summed E-state index contributed by atoms with van der Waals surface area (Å²) in [5.41, 5.74) is 10.5. The first-order valence-corrected chi connectivity index (χ1v) is 33.1. The van der Waals surface area contributed by atoms with Crippen LogP contribution in [-0.4, -0.2) is 27.0 Å². The van der Waals surface area contributed by atoms with Crippen LogP contribution in [0.15, 0.2) is 147 Å². The summed E-state index contributed by atoms with van der Waals surface area (Å²) in [6, 6.07) is 40.4. The van der Waals surface area contributed by atoms with Crippen LogP contribution in [0.3, 0.4) is 0 Å². The summed E-state index contributed by atoms with van der Waals surface area (Å²) in [6.07, 6.45) is 0.749. The first-order chi connectivity index (χ1) is 43.5. The fourth-order valence-corrected chi connectivity index (χ4v) is 15.3. The van der Waals surface area contributed by atoms with E-state index in [9.17, 15) is 23.1 Å². The van der Waals surface area contributed by atoms with Gasteiger partial charge in [0, 0.05) is 71.5 Å². The van der Waals surface area contributed by atoms with Gasteiger partial charge in [-0.2, -0.15) is 13.2 Å². The van der Waals surface area contributed by atoms with Crippen LogP contribution < -0.4 is 0 Å². The van der Waals surface area contributed by atoms with Gasteiger partial charge in [-0.3, -0.25) is 14.8 Å². The molecule has 12 rings (SSSR count). The molecule has 0 spiro atoms. The Morgan fingerprint density at radius 2 is 0.989 bits per heavy atom. The summed E-state index contributed by atoms with van der Waals surface area (Å²) >= 11 is 3.60. The van der Waals surface area contributed by atoms with Crippen LogP contribution in [0, 0.1) is 52.6 Å². The molecular weight excluding hydrogens is 1330 g/mol. The van der Waals surface area contributed by atoms with Crippen molar-refractivity contribution in [1.82, 2.24) is 9.97 Å². The molecule has 0 saturated heterocycles. The molecule has 0 amide bonds. The molecule has 8 aromatic carbocycles. The van der Waals surface area contributed by atoms with Gasteiger partial charge in [-0.25, -0.2) is 0 Å². The quantitative estimate of drug-likeness (QED) is 0.0603. The predicted molar refractivity (Wildman–Crippen MR) is 372 cm³/mol. The second-order valence-electron chi connectivity index (χ2n) is 29.4. The Balaban J connectivity index is 0.000000176. The number of allylic oxidation sites excluding steroid dienone is 2. The summed E-state index contributed by atoms with van der Waals surface area (Å²) in [4.78, 5) is 25.8. The third-order valence-corrected chi connectivity index (χ3v) is 19.1. The van der Waals surface area contributed by atoms with Crippen LogP contribution in [0.2, 0.25) is 0 Å². The minimum absolute atomic E-state index is 0. The summed E-state index contributed by atoms with van der Waals surface area (Å²) in [6.45, 7) is 34.7. The van der Waals surface area contributed by atoms with Gasteiger partial charge < -0.3 is 5.11 Å². The summed E-state index contributed by atoms with van der Waals surface area (Å²) in [7, 11) is 0. The predicted octanol–water partition coefficient (Wildman–Crippen LogP) is 24.0. The van der Waals surface area contributed by atoms with Gasteiger partial charge in [-0.05, 0) is 162 Å². The van der Waals surface area contributed by atoms with Crippen LogP contribution in [0.25, 0.3) is 87.1 Å². The third kappa shape index (κ3) is 15.0. The zero-order valence-corrected chi connectivity index (χ0v) is 59.1. The number of carbonyl (C=O) groups excluding carboxylic acids is 1. The first-order valence-electron chi connectivity index (χ1n) is 33.5. The molecule has 10 heteroatoms. The van der Waals surface area contributed by atoms with Crippen molar-refractivity contribution >= 4 is 93.9 Å². The number of aromatic nitrogens is 2. The van der Waals surface area contributed by atoms with E-state index in [0.29, 0.717) is 12.8 Å². The number of benzene rings is 8. The number of rotatable bonds is 11. The smallest absolute Gasteiger partial charge is 0.389 e. The Bertz CT molecular complexity index is 4650. The monoisotopic (exact) mass is 1430 g/mol. The molecule has 4 nitrogen and oxygen atoms in total. The molecule has 1 atom stereocenters. The van der Waals surface area contributed by atoms with Gasteiger partial charge in [0.1, 0.15) is 0 Å². The van der Waals surface area contributed by atoms with Crippen LogP contribution in [0.5, 0.6) is 0 Å². The van der Waals surface area contributed by atoms with E-state index >= 15 is 0 Å².